The Hall–Kier alpha value is -1.13. The second kappa shape index (κ2) is 9.99. The molecule has 0 saturated carbocycles. The molecule has 1 heterocycles. The molecular formula is C15H9N3Na2O8S2. The largest absolute Gasteiger partial charge is 1.00 e. The van der Waals surface area contributed by atoms with Crippen LogP contribution < -0.4 is 59.1 Å². The molecule has 146 valence electrons. The van der Waals surface area contributed by atoms with Crippen molar-refractivity contribution in [1.29, 1.82) is 0 Å². The van der Waals surface area contributed by atoms with Gasteiger partial charge in [-0.15, -0.1) is 10.2 Å². The molecule has 15 heteroatoms. The third kappa shape index (κ3) is 5.76. The van der Waals surface area contributed by atoms with Crippen molar-refractivity contribution in [3.05, 3.63) is 42.6 Å². The van der Waals surface area contributed by atoms with Crippen molar-refractivity contribution in [1.82, 2.24) is 4.98 Å². The molecule has 0 saturated heterocycles. The summed E-state index contributed by atoms with van der Waals surface area (Å²) in [7, 11) is -10.2. The van der Waals surface area contributed by atoms with E-state index in [2.05, 4.69) is 15.2 Å². The van der Waals surface area contributed by atoms with Gasteiger partial charge in [0.15, 0.2) is 11.6 Å². The van der Waals surface area contributed by atoms with E-state index in [-0.39, 0.29) is 70.3 Å². The number of aromatic nitrogens is 1. The molecule has 3 aromatic rings. The first-order chi connectivity index (χ1) is 13.0. The molecule has 2 N–H and O–H groups in total. The van der Waals surface area contributed by atoms with Gasteiger partial charge in [0.1, 0.15) is 31.7 Å². The molecule has 0 atom stereocenters. The molecule has 0 aliphatic heterocycles. The Labute approximate surface area is 215 Å². The second-order valence-corrected chi connectivity index (χ2v) is 8.14. The summed E-state index contributed by atoms with van der Waals surface area (Å²) in [5, 5.41) is 26.8. The zero-order valence-electron chi connectivity index (χ0n) is 15.5. The van der Waals surface area contributed by atoms with Crippen LogP contribution in [0.4, 0.5) is 11.5 Å². The van der Waals surface area contributed by atoms with Gasteiger partial charge in [-0.2, -0.15) is 0 Å². The van der Waals surface area contributed by atoms with Crippen molar-refractivity contribution in [2.75, 3.05) is 0 Å². The third-order valence-electron chi connectivity index (χ3n) is 3.56. The van der Waals surface area contributed by atoms with Crippen LogP contribution in [0.5, 0.6) is 11.5 Å². The van der Waals surface area contributed by atoms with Crippen LogP contribution in [0, 0.1) is 0 Å². The van der Waals surface area contributed by atoms with Gasteiger partial charge < -0.3 is 19.3 Å². The van der Waals surface area contributed by atoms with Crippen molar-refractivity contribution >= 4 is 42.5 Å². The summed E-state index contributed by atoms with van der Waals surface area (Å²) >= 11 is 0. The van der Waals surface area contributed by atoms with Gasteiger partial charge in [0, 0.05) is 6.20 Å². The fraction of sp³-hybridized carbons (Fsp3) is 0. The molecule has 3 rings (SSSR count). The maximum atomic E-state index is 11.6. The number of phenolic OH excluding ortho intramolecular Hbond substituents is 2. The summed E-state index contributed by atoms with van der Waals surface area (Å²) in [5.41, 5.74) is -0.777. The van der Waals surface area contributed by atoms with Crippen molar-refractivity contribution in [3.8, 4) is 11.5 Å². The molecule has 2 aromatic carbocycles. The quantitative estimate of drug-likeness (QED) is 0.217. The Bertz CT molecular complexity index is 1330. The zero-order chi connectivity index (χ0) is 20.7. The van der Waals surface area contributed by atoms with Crippen LogP contribution in [0.25, 0.3) is 10.8 Å². The number of aromatic hydroxyl groups is 2. The van der Waals surface area contributed by atoms with Gasteiger partial charge in [0.05, 0.1) is 15.2 Å². The number of hydrogen-bond donors (Lipinski definition) is 2. The zero-order valence-corrected chi connectivity index (χ0v) is 21.2. The van der Waals surface area contributed by atoms with E-state index in [1.165, 1.54) is 12.3 Å². The van der Waals surface area contributed by atoms with E-state index in [1.54, 1.807) is 12.1 Å². The normalized spacial score (nSPS) is 11.8. The average molecular weight is 469 g/mol. The SMILES string of the molecule is O=S(=O)([O-])c1cc(O)c2c(O)c(N=Nc3ccccn3)c(S(=O)(=O)[O-])cc2c1.[Na+].[Na+]. The molecule has 0 amide bonds. The number of nitrogens with zero attached hydrogens (tertiary/aromatic N) is 3. The van der Waals surface area contributed by atoms with Crippen LogP contribution in [0.15, 0.2) is 62.6 Å². The van der Waals surface area contributed by atoms with Gasteiger partial charge in [-0.1, -0.05) is 6.07 Å². The van der Waals surface area contributed by atoms with Crippen molar-refractivity contribution in [2.24, 2.45) is 10.2 Å². The molecule has 0 bridgehead atoms. The molecule has 0 aliphatic carbocycles. The minimum atomic E-state index is -5.21. The Kier molecular flexibility index (Phi) is 8.96. The third-order valence-corrected chi connectivity index (χ3v) is 5.23. The maximum absolute atomic E-state index is 11.6. The molecule has 11 nitrogen and oxygen atoms in total. The standard InChI is InChI=1S/C15H11N3O8S2.2Na/c19-10-7-9(27(21,22)23)5-8-6-11(28(24,25)26)14(15(20)13(8)10)18-17-12-3-1-2-4-16-12;;/h1-7,19-20H,(H,21,22,23)(H,24,25,26);;/q;2*+1/p-2. The maximum Gasteiger partial charge on any atom is 1.00 e. The van der Waals surface area contributed by atoms with Gasteiger partial charge in [0.25, 0.3) is 0 Å². The van der Waals surface area contributed by atoms with Crippen molar-refractivity contribution in [2.45, 2.75) is 9.79 Å². The first kappa shape index (κ1) is 26.9. The Balaban J connectivity index is 0.00000225. The van der Waals surface area contributed by atoms with Crippen molar-refractivity contribution < 1.29 is 95.3 Å². The molecule has 0 radical (unpaired) electrons. The van der Waals surface area contributed by atoms with Crippen molar-refractivity contribution in [3.63, 3.8) is 0 Å². The summed E-state index contributed by atoms with van der Waals surface area (Å²) in [6.45, 7) is 0. The Morgan fingerprint density at radius 2 is 1.57 bits per heavy atom. The van der Waals surface area contributed by atoms with E-state index in [1.807, 2.05) is 0 Å². The van der Waals surface area contributed by atoms with E-state index in [9.17, 15) is 36.2 Å². The number of azo groups is 1. The smallest absolute Gasteiger partial charge is 0.744 e. The van der Waals surface area contributed by atoms with Crippen LogP contribution in [-0.2, 0) is 20.2 Å². The number of hydrogen-bond acceptors (Lipinski definition) is 11. The first-order valence-electron chi connectivity index (χ1n) is 7.26. The minimum absolute atomic E-state index is 0. The van der Waals surface area contributed by atoms with E-state index >= 15 is 0 Å². The van der Waals surface area contributed by atoms with E-state index < -0.39 is 52.6 Å². The molecule has 0 fully saturated rings. The predicted molar refractivity (Wildman–Crippen MR) is 91.6 cm³/mol. The number of rotatable bonds is 4. The minimum Gasteiger partial charge on any atom is -0.744 e. The molecule has 0 unspecified atom stereocenters. The summed E-state index contributed by atoms with van der Waals surface area (Å²) in [6, 6.07) is 6.53. The second-order valence-electron chi connectivity index (χ2n) is 5.41. The van der Waals surface area contributed by atoms with Crippen LogP contribution in [0.3, 0.4) is 0 Å². The molecule has 1 aromatic heterocycles. The van der Waals surface area contributed by atoms with E-state index in [4.69, 9.17) is 0 Å². The molecule has 0 aliphatic rings. The van der Waals surface area contributed by atoms with E-state index in [0.717, 1.165) is 0 Å². The van der Waals surface area contributed by atoms with Gasteiger partial charge >= 0.3 is 59.1 Å². The number of fused-ring (bicyclic) bond motifs is 1. The summed E-state index contributed by atoms with van der Waals surface area (Å²) in [4.78, 5) is 1.90. The average Bonchev–Trinajstić information content (AvgIpc) is 2.59. The van der Waals surface area contributed by atoms with Gasteiger partial charge in [-0.25, -0.2) is 21.8 Å². The van der Waals surface area contributed by atoms with Gasteiger partial charge in [0.2, 0.25) is 0 Å². The van der Waals surface area contributed by atoms with Gasteiger partial charge in [-0.05, 0) is 35.7 Å². The number of phenols is 2. The monoisotopic (exact) mass is 469 g/mol. The van der Waals surface area contributed by atoms with Crippen LogP contribution in [-0.4, -0.2) is 41.1 Å². The number of benzene rings is 2. The van der Waals surface area contributed by atoms with Crippen LogP contribution in [0.2, 0.25) is 0 Å². The molecular weight excluding hydrogens is 460 g/mol. The Morgan fingerprint density at radius 1 is 0.900 bits per heavy atom. The summed E-state index contributed by atoms with van der Waals surface area (Å²) < 4.78 is 68.3. The van der Waals surface area contributed by atoms with E-state index in [0.29, 0.717) is 18.2 Å². The molecule has 0 spiro atoms. The summed E-state index contributed by atoms with van der Waals surface area (Å²) in [6.07, 6.45) is 1.37. The fourth-order valence-corrected chi connectivity index (χ4v) is 3.56. The summed E-state index contributed by atoms with van der Waals surface area (Å²) in [5.74, 6) is -1.75. The number of pyridine rings is 1. The Morgan fingerprint density at radius 3 is 2.10 bits per heavy atom. The molecule has 30 heavy (non-hydrogen) atoms. The first-order valence-corrected chi connectivity index (χ1v) is 10.1. The van der Waals surface area contributed by atoms with Gasteiger partial charge in [-0.3, -0.25) is 0 Å². The fourth-order valence-electron chi connectivity index (χ4n) is 2.38. The van der Waals surface area contributed by atoms with Crippen LogP contribution in [0.1, 0.15) is 0 Å². The van der Waals surface area contributed by atoms with Crippen LogP contribution >= 0.6 is 0 Å². The topological polar surface area (TPSA) is 192 Å². The predicted octanol–water partition coefficient (Wildman–Crippen LogP) is -4.12.